The lowest BCUT2D eigenvalue weighted by atomic mass is 9.98. The number of allylic oxidation sites excluding steroid dienone is 1. The molecule has 1 amide bonds. The number of carbonyl (C=O) groups excluding carboxylic acids is 1. The van der Waals surface area contributed by atoms with Crippen molar-refractivity contribution >= 4 is 28.9 Å². The van der Waals surface area contributed by atoms with Crippen molar-refractivity contribution in [3.05, 3.63) is 41.6 Å². The number of pyridine rings is 1. The molecule has 0 atom stereocenters. The van der Waals surface area contributed by atoms with Crippen LogP contribution in [0.3, 0.4) is 0 Å². The Morgan fingerprint density at radius 2 is 1.91 bits per heavy atom. The first-order chi connectivity index (χ1) is 16.2. The fourth-order valence-corrected chi connectivity index (χ4v) is 4.10. The molecule has 3 heterocycles. The molecule has 34 heavy (non-hydrogen) atoms. The van der Waals surface area contributed by atoms with Crippen LogP contribution in [0.25, 0.3) is 5.57 Å². The fraction of sp³-hybridized carbons (Fsp3) is 0.462. The molecule has 182 valence electrons. The number of hydrogen-bond acceptors (Lipinski definition) is 7. The second-order valence-corrected chi connectivity index (χ2v) is 9.56. The lowest BCUT2D eigenvalue weighted by Crippen LogP contribution is -2.37. The minimum absolute atomic E-state index is 0.284. The highest BCUT2D eigenvalue weighted by atomic mass is 16.6. The summed E-state index contributed by atoms with van der Waals surface area (Å²) in [7, 11) is 1.89. The van der Waals surface area contributed by atoms with Crippen LogP contribution in [0.2, 0.25) is 0 Å². The Hall–Kier alpha value is -3.42. The minimum atomic E-state index is -0.517. The average Bonchev–Trinajstić information content (AvgIpc) is 3.03. The van der Waals surface area contributed by atoms with E-state index in [-0.39, 0.29) is 6.09 Å². The Morgan fingerprint density at radius 3 is 2.68 bits per heavy atom. The van der Waals surface area contributed by atoms with E-state index in [1.54, 1.807) is 4.90 Å². The van der Waals surface area contributed by atoms with Gasteiger partial charge >= 0.3 is 6.09 Å². The maximum absolute atomic E-state index is 12.6. The average molecular weight is 467 g/mol. The molecule has 2 N–H and O–H groups in total. The van der Waals surface area contributed by atoms with Crippen molar-refractivity contribution in [2.24, 2.45) is 0 Å². The molecular weight excluding hydrogens is 432 g/mol. The molecule has 8 heteroatoms. The second-order valence-electron chi connectivity index (χ2n) is 9.56. The number of fused-ring (bicyclic) bond motifs is 1. The van der Waals surface area contributed by atoms with Gasteiger partial charge in [-0.3, -0.25) is 0 Å². The van der Waals surface area contributed by atoms with Crippen LogP contribution >= 0.6 is 0 Å². The van der Waals surface area contributed by atoms with Crippen molar-refractivity contribution in [1.29, 1.82) is 0 Å². The number of anilines is 3. The molecule has 8 nitrogen and oxygen atoms in total. The van der Waals surface area contributed by atoms with Gasteiger partial charge in [-0.15, -0.1) is 0 Å². The van der Waals surface area contributed by atoms with Crippen LogP contribution in [-0.4, -0.2) is 54.9 Å². The summed E-state index contributed by atoms with van der Waals surface area (Å²) >= 11 is 0. The van der Waals surface area contributed by atoms with Gasteiger partial charge in [0, 0.05) is 54.9 Å². The van der Waals surface area contributed by atoms with Crippen LogP contribution < -0.4 is 20.1 Å². The zero-order valence-corrected chi connectivity index (χ0v) is 20.7. The predicted molar refractivity (Wildman–Crippen MR) is 134 cm³/mol. The highest BCUT2D eigenvalue weighted by Gasteiger charge is 2.25. The highest BCUT2D eigenvalue weighted by molar-refractivity contribution is 5.79. The third-order valence-corrected chi connectivity index (χ3v) is 5.59. The van der Waals surface area contributed by atoms with Crippen LogP contribution in [0, 0.1) is 6.92 Å². The largest absolute Gasteiger partial charge is 0.486 e. The Bertz CT molecular complexity index is 1090. The zero-order valence-electron chi connectivity index (χ0n) is 20.7. The summed E-state index contributed by atoms with van der Waals surface area (Å²) in [6.45, 7) is 9.77. The normalized spacial score (nSPS) is 15.8. The maximum Gasteiger partial charge on any atom is 0.410 e. The monoisotopic (exact) mass is 466 g/mol. The van der Waals surface area contributed by atoms with Gasteiger partial charge in [-0.1, -0.05) is 6.08 Å². The van der Waals surface area contributed by atoms with Gasteiger partial charge in [0.25, 0.3) is 0 Å². The van der Waals surface area contributed by atoms with E-state index in [9.17, 15) is 4.79 Å². The van der Waals surface area contributed by atoms with E-state index in [0.29, 0.717) is 32.1 Å². The number of ether oxygens (including phenoxy) is 3. The highest BCUT2D eigenvalue weighted by Crippen LogP contribution is 2.42. The van der Waals surface area contributed by atoms with Gasteiger partial charge in [0.05, 0.1) is 0 Å². The van der Waals surface area contributed by atoms with Gasteiger partial charge < -0.3 is 29.7 Å². The summed E-state index contributed by atoms with van der Waals surface area (Å²) in [4.78, 5) is 18.9. The van der Waals surface area contributed by atoms with Crippen molar-refractivity contribution in [2.45, 2.75) is 46.1 Å². The molecule has 1 aromatic carbocycles. The van der Waals surface area contributed by atoms with Gasteiger partial charge in [0.15, 0.2) is 11.5 Å². The Labute approximate surface area is 201 Å². The van der Waals surface area contributed by atoms with E-state index < -0.39 is 5.60 Å². The third-order valence-electron chi connectivity index (χ3n) is 5.59. The maximum atomic E-state index is 12.6. The quantitative estimate of drug-likeness (QED) is 0.627. The lowest BCUT2D eigenvalue weighted by molar-refractivity contribution is 0.0273. The minimum Gasteiger partial charge on any atom is -0.486 e. The first-order valence-electron chi connectivity index (χ1n) is 11.8. The van der Waals surface area contributed by atoms with Crippen molar-refractivity contribution in [3.8, 4) is 11.5 Å². The number of nitrogens with zero attached hydrogens (tertiary/aromatic N) is 2. The van der Waals surface area contributed by atoms with E-state index in [4.69, 9.17) is 14.2 Å². The first kappa shape index (κ1) is 23.7. The number of aryl methyl sites for hydroxylation is 1. The molecule has 2 aliphatic rings. The summed E-state index contributed by atoms with van der Waals surface area (Å²) in [5, 5.41) is 6.58. The summed E-state index contributed by atoms with van der Waals surface area (Å²) in [6, 6.07) is 7.98. The van der Waals surface area contributed by atoms with E-state index in [1.165, 1.54) is 0 Å². The van der Waals surface area contributed by atoms with Crippen molar-refractivity contribution in [2.75, 3.05) is 44.0 Å². The molecular formula is C26H34N4O4. The Balaban J connectivity index is 1.63. The standard InChI is InChI=1S/C26H34N4O4/c1-17-13-19(27-5)16-23(28-17)29-20-14-21(24-22(15-20)32-11-12-33-24)18-7-6-9-30(10-8-18)25(31)34-26(2,3)4/h8,13-16H,6-7,9-12H2,1-5H3,(H2,27,28,29). The number of benzene rings is 1. The van der Waals surface area contributed by atoms with E-state index in [0.717, 1.165) is 52.6 Å². The molecule has 0 aliphatic carbocycles. The Kier molecular flexibility index (Phi) is 6.86. The molecule has 0 saturated carbocycles. The van der Waals surface area contributed by atoms with Gasteiger partial charge in [-0.2, -0.15) is 0 Å². The van der Waals surface area contributed by atoms with Gasteiger partial charge in [-0.05, 0) is 58.2 Å². The van der Waals surface area contributed by atoms with Crippen molar-refractivity contribution < 1.29 is 19.0 Å². The van der Waals surface area contributed by atoms with E-state index >= 15 is 0 Å². The number of amides is 1. The molecule has 0 spiro atoms. The fourth-order valence-electron chi connectivity index (χ4n) is 4.10. The van der Waals surface area contributed by atoms with Gasteiger partial charge in [0.2, 0.25) is 0 Å². The van der Waals surface area contributed by atoms with Gasteiger partial charge in [-0.25, -0.2) is 9.78 Å². The van der Waals surface area contributed by atoms with Crippen LogP contribution in [0.1, 0.15) is 44.9 Å². The molecule has 0 radical (unpaired) electrons. The zero-order chi connectivity index (χ0) is 24.3. The molecule has 1 aromatic heterocycles. The molecule has 2 aliphatic heterocycles. The van der Waals surface area contributed by atoms with Gasteiger partial charge in [0.1, 0.15) is 24.6 Å². The lowest BCUT2D eigenvalue weighted by Gasteiger charge is -2.25. The number of carbonyl (C=O) groups is 1. The SMILES string of the molecule is CNc1cc(C)nc(Nc2cc3c(c(C4=CCN(C(=O)OC(C)(C)C)CCC4)c2)OCCO3)c1. The van der Waals surface area contributed by atoms with Crippen LogP contribution in [-0.2, 0) is 4.74 Å². The molecule has 0 fully saturated rings. The predicted octanol–water partition coefficient (Wildman–Crippen LogP) is 5.36. The van der Waals surface area contributed by atoms with Crippen LogP contribution in [0.4, 0.5) is 22.0 Å². The summed E-state index contributed by atoms with van der Waals surface area (Å²) < 4.78 is 17.5. The molecule has 0 unspecified atom stereocenters. The van der Waals surface area contributed by atoms with Crippen molar-refractivity contribution in [3.63, 3.8) is 0 Å². The summed E-state index contributed by atoms with van der Waals surface area (Å²) in [5.41, 5.74) is 4.37. The Morgan fingerprint density at radius 1 is 1.12 bits per heavy atom. The molecule has 2 aromatic rings. The summed E-state index contributed by atoms with van der Waals surface area (Å²) in [5.74, 6) is 2.21. The van der Waals surface area contributed by atoms with Crippen LogP contribution in [0.5, 0.6) is 11.5 Å². The topological polar surface area (TPSA) is 85.0 Å². The number of aromatic nitrogens is 1. The number of hydrogen-bond donors (Lipinski definition) is 2. The molecule has 4 rings (SSSR count). The van der Waals surface area contributed by atoms with Crippen LogP contribution in [0.15, 0.2) is 30.3 Å². The number of rotatable bonds is 4. The molecule has 0 bridgehead atoms. The summed E-state index contributed by atoms with van der Waals surface area (Å²) in [6.07, 6.45) is 3.47. The number of nitrogens with one attached hydrogen (secondary N) is 2. The second kappa shape index (κ2) is 9.83. The smallest absolute Gasteiger partial charge is 0.410 e. The van der Waals surface area contributed by atoms with E-state index in [2.05, 4.69) is 27.8 Å². The van der Waals surface area contributed by atoms with E-state index in [1.807, 2.05) is 52.9 Å². The third kappa shape index (κ3) is 5.73. The first-order valence-corrected chi connectivity index (χ1v) is 11.8. The molecule has 0 saturated heterocycles. The van der Waals surface area contributed by atoms with Crippen molar-refractivity contribution in [1.82, 2.24) is 9.88 Å².